The van der Waals surface area contributed by atoms with Gasteiger partial charge in [0, 0.05) is 25.0 Å². The number of anilines is 2. The third kappa shape index (κ3) is 2.40. The van der Waals surface area contributed by atoms with E-state index in [2.05, 4.69) is 4.90 Å². The monoisotopic (exact) mass is 228 g/mol. The maximum atomic E-state index is 9.27. The van der Waals surface area contributed by atoms with Crippen LogP contribution in [0.3, 0.4) is 0 Å². The minimum absolute atomic E-state index is 0.272. The van der Waals surface area contributed by atoms with Crippen LogP contribution in [0.4, 0.5) is 11.4 Å². The molecule has 88 valence electrons. The smallest absolute Gasteiger partial charge is 0.115 e. The maximum Gasteiger partial charge on any atom is 0.115 e. The molecule has 17 heavy (non-hydrogen) atoms. The zero-order chi connectivity index (χ0) is 12.3. The molecule has 0 saturated heterocycles. The first-order chi connectivity index (χ1) is 8.22. The van der Waals surface area contributed by atoms with E-state index in [1.54, 1.807) is 12.1 Å². The zero-order valence-electron chi connectivity index (χ0n) is 9.80. The summed E-state index contributed by atoms with van der Waals surface area (Å²) in [4.78, 5) is 2.06. The fourth-order valence-corrected chi connectivity index (χ4v) is 1.83. The van der Waals surface area contributed by atoms with E-state index in [4.69, 9.17) is 5.73 Å². The number of rotatable bonds is 3. The van der Waals surface area contributed by atoms with Crippen LogP contribution in [0.1, 0.15) is 5.56 Å². The van der Waals surface area contributed by atoms with E-state index in [0.717, 1.165) is 16.9 Å². The molecule has 0 bridgehead atoms. The summed E-state index contributed by atoms with van der Waals surface area (Å²) in [6.07, 6.45) is 0. The lowest BCUT2D eigenvalue weighted by atomic mass is 10.1. The fraction of sp³-hybridized carbons (Fsp3) is 0.143. The Morgan fingerprint density at radius 3 is 2.35 bits per heavy atom. The SMILES string of the molecule is CN(c1ccc(O)cc1)c1ccccc1CN. The van der Waals surface area contributed by atoms with E-state index < -0.39 is 0 Å². The Kier molecular flexibility index (Phi) is 3.30. The Morgan fingerprint density at radius 1 is 1.06 bits per heavy atom. The van der Waals surface area contributed by atoms with E-state index in [0.29, 0.717) is 6.54 Å². The first kappa shape index (κ1) is 11.5. The molecule has 0 aliphatic rings. The molecular formula is C14H16N2O. The molecule has 0 aliphatic carbocycles. The van der Waals surface area contributed by atoms with E-state index in [1.807, 2.05) is 43.4 Å². The molecule has 0 saturated carbocycles. The van der Waals surface area contributed by atoms with Crippen LogP contribution >= 0.6 is 0 Å². The van der Waals surface area contributed by atoms with Gasteiger partial charge in [0.25, 0.3) is 0 Å². The van der Waals surface area contributed by atoms with Crippen molar-refractivity contribution >= 4 is 11.4 Å². The van der Waals surface area contributed by atoms with Crippen molar-refractivity contribution in [2.24, 2.45) is 5.73 Å². The van der Waals surface area contributed by atoms with Gasteiger partial charge in [0.05, 0.1) is 0 Å². The van der Waals surface area contributed by atoms with Crippen molar-refractivity contribution in [1.82, 2.24) is 0 Å². The highest BCUT2D eigenvalue weighted by Gasteiger charge is 2.07. The predicted molar refractivity (Wildman–Crippen MR) is 70.5 cm³/mol. The van der Waals surface area contributed by atoms with E-state index in [9.17, 15) is 5.11 Å². The van der Waals surface area contributed by atoms with Crippen molar-refractivity contribution in [3.8, 4) is 5.75 Å². The zero-order valence-corrected chi connectivity index (χ0v) is 9.80. The first-order valence-corrected chi connectivity index (χ1v) is 5.53. The molecule has 0 unspecified atom stereocenters. The predicted octanol–water partition coefficient (Wildman–Crippen LogP) is 2.62. The summed E-state index contributed by atoms with van der Waals surface area (Å²) in [5, 5.41) is 9.27. The van der Waals surface area contributed by atoms with Crippen molar-refractivity contribution in [1.29, 1.82) is 0 Å². The highest BCUT2D eigenvalue weighted by Crippen LogP contribution is 2.27. The largest absolute Gasteiger partial charge is 0.508 e. The summed E-state index contributed by atoms with van der Waals surface area (Å²) in [5.41, 5.74) is 8.93. The lowest BCUT2D eigenvalue weighted by Gasteiger charge is -2.22. The van der Waals surface area contributed by atoms with Crippen LogP contribution in [0, 0.1) is 0 Å². The van der Waals surface area contributed by atoms with Crippen molar-refractivity contribution < 1.29 is 5.11 Å². The van der Waals surface area contributed by atoms with Gasteiger partial charge in [-0.3, -0.25) is 0 Å². The maximum absolute atomic E-state index is 9.27. The van der Waals surface area contributed by atoms with Gasteiger partial charge < -0.3 is 15.7 Å². The molecule has 3 heteroatoms. The number of aromatic hydroxyl groups is 1. The molecule has 0 heterocycles. The number of phenolic OH excluding ortho intramolecular Hbond substituents is 1. The molecule has 0 atom stereocenters. The molecule has 2 rings (SSSR count). The summed E-state index contributed by atoms with van der Waals surface area (Å²) >= 11 is 0. The lowest BCUT2D eigenvalue weighted by Crippen LogP contribution is -2.13. The van der Waals surface area contributed by atoms with Gasteiger partial charge in [-0.2, -0.15) is 0 Å². The second-order valence-electron chi connectivity index (χ2n) is 3.91. The Balaban J connectivity index is 2.36. The van der Waals surface area contributed by atoms with E-state index in [-0.39, 0.29) is 5.75 Å². The Hall–Kier alpha value is -2.00. The van der Waals surface area contributed by atoms with Crippen molar-refractivity contribution in [2.45, 2.75) is 6.54 Å². The molecule has 0 spiro atoms. The van der Waals surface area contributed by atoms with Crippen LogP contribution in [0.25, 0.3) is 0 Å². The number of nitrogens with zero attached hydrogens (tertiary/aromatic N) is 1. The molecule has 0 amide bonds. The summed E-state index contributed by atoms with van der Waals surface area (Å²) < 4.78 is 0. The van der Waals surface area contributed by atoms with Gasteiger partial charge in [0.15, 0.2) is 0 Å². The summed E-state index contributed by atoms with van der Waals surface area (Å²) in [5.74, 6) is 0.272. The van der Waals surface area contributed by atoms with Crippen molar-refractivity contribution in [3.63, 3.8) is 0 Å². The molecule has 0 fully saturated rings. The van der Waals surface area contributed by atoms with Crippen LogP contribution < -0.4 is 10.6 Å². The average Bonchev–Trinajstić information content (AvgIpc) is 2.39. The fourth-order valence-electron chi connectivity index (χ4n) is 1.83. The molecule has 3 N–H and O–H groups in total. The summed E-state index contributed by atoms with van der Waals surface area (Å²) in [7, 11) is 1.99. The number of hydrogen-bond donors (Lipinski definition) is 2. The Bertz CT molecular complexity index is 494. The molecule has 2 aromatic carbocycles. The van der Waals surface area contributed by atoms with Gasteiger partial charge in [0.2, 0.25) is 0 Å². The summed E-state index contributed by atoms with van der Waals surface area (Å²) in [6, 6.07) is 15.1. The number of phenols is 1. The number of para-hydroxylation sites is 1. The van der Waals surface area contributed by atoms with Gasteiger partial charge in [-0.05, 0) is 35.9 Å². The van der Waals surface area contributed by atoms with Gasteiger partial charge in [0.1, 0.15) is 5.75 Å². The topological polar surface area (TPSA) is 49.5 Å². The lowest BCUT2D eigenvalue weighted by molar-refractivity contribution is 0.475. The van der Waals surface area contributed by atoms with Crippen molar-refractivity contribution in [3.05, 3.63) is 54.1 Å². The average molecular weight is 228 g/mol. The minimum atomic E-state index is 0.272. The van der Waals surface area contributed by atoms with Gasteiger partial charge in [-0.15, -0.1) is 0 Å². The van der Waals surface area contributed by atoms with Crippen LogP contribution in [0.5, 0.6) is 5.75 Å². The first-order valence-electron chi connectivity index (χ1n) is 5.53. The van der Waals surface area contributed by atoms with Gasteiger partial charge in [-0.25, -0.2) is 0 Å². The number of hydrogen-bond acceptors (Lipinski definition) is 3. The molecule has 0 aromatic heterocycles. The molecule has 0 radical (unpaired) electrons. The highest BCUT2D eigenvalue weighted by atomic mass is 16.3. The third-order valence-corrected chi connectivity index (χ3v) is 2.81. The molecule has 0 aliphatic heterocycles. The van der Waals surface area contributed by atoms with Gasteiger partial charge >= 0.3 is 0 Å². The minimum Gasteiger partial charge on any atom is -0.508 e. The standard InChI is InChI=1S/C14H16N2O/c1-16(12-6-8-13(17)9-7-12)14-5-3-2-4-11(14)10-15/h2-9,17H,10,15H2,1H3. The molecule has 3 nitrogen and oxygen atoms in total. The van der Waals surface area contributed by atoms with E-state index >= 15 is 0 Å². The normalized spacial score (nSPS) is 10.2. The Labute approximate surface area is 101 Å². The van der Waals surface area contributed by atoms with Crippen LogP contribution in [-0.2, 0) is 6.54 Å². The van der Waals surface area contributed by atoms with Crippen LogP contribution in [0.2, 0.25) is 0 Å². The number of nitrogens with two attached hydrogens (primary N) is 1. The second-order valence-corrected chi connectivity index (χ2v) is 3.91. The van der Waals surface area contributed by atoms with Crippen molar-refractivity contribution in [2.75, 3.05) is 11.9 Å². The van der Waals surface area contributed by atoms with E-state index in [1.165, 1.54) is 0 Å². The second kappa shape index (κ2) is 4.89. The van der Waals surface area contributed by atoms with Crippen LogP contribution in [-0.4, -0.2) is 12.2 Å². The Morgan fingerprint density at radius 2 is 1.71 bits per heavy atom. The van der Waals surface area contributed by atoms with Gasteiger partial charge in [-0.1, -0.05) is 18.2 Å². The van der Waals surface area contributed by atoms with Crippen LogP contribution in [0.15, 0.2) is 48.5 Å². The highest BCUT2D eigenvalue weighted by molar-refractivity contribution is 5.66. The number of benzene rings is 2. The summed E-state index contributed by atoms with van der Waals surface area (Å²) in [6.45, 7) is 0.512. The molecule has 2 aromatic rings. The molecular weight excluding hydrogens is 212 g/mol. The quantitative estimate of drug-likeness (QED) is 0.849. The third-order valence-electron chi connectivity index (χ3n) is 2.81.